The summed E-state index contributed by atoms with van der Waals surface area (Å²) in [7, 11) is 2.23. The van der Waals surface area contributed by atoms with E-state index in [0.717, 1.165) is 19.6 Å². The zero-order valence-electron chi connectivity index (χ0n) is 13.0. The highest BCUT2D eigenvalue weighted by molar-refractivity contribution is 5.20. The van der Waals surface area contributed by atoms with E-state index in [1.165, 1.54) is 38.0 Å². The fourth-order valence-electron chi connectivity index (χ4n) is 2.92. The number of hydrogen-bond donors (Lipinski definition) is 1. The number of likely N-dealkylation sites (N-methyl/N-ethyl adjacent to an activating group) is 1. The van der Waals surface area contributed by atoms with Gasteiger partial charge in [0, 0.05) is 32.2 Å². The molecule has 112 valence electrons. The molecule has 0 saturated carbocycles. The second kappa shape index (κ2) is 8.40. The van der Waals surface area contributed by atoms with E-state index in [9.17, 15) is 0 Å². The Morgan fingerprint density at radius 2 is 1.95 bits per heavy atom. The first kappa shape index (κ1) is 15.5. The van der Waals surface area contributed by atoms with E-state index >= 15 is 0 Å². The standard InChI is InChI=1S/C17H29N3/c1-3-10-18-11-7-12-20-14-13-19(2)15-17(20)16-8-5-4-6-9-16/h4-6,8-9,17-18H,3,7,10-15H2,1-2H3. The van der Waals surface area contributed by atoms with Gasteiger partial charge in [0.25, 0.3) is 0 Å². The van der Waals surface area contributed by atoms with Crippen LogP contribution in [0.4, 0.5) is 0 Å². The number of hydrogen-bond acceptors (Lipinski definition) is 3. The quantitative estimate of drug-likeness (QED) is 0.771. The number of nitrogens with zero attached hydrogens (tertiary/aromatic N) is 2. The largest absolute Gasteiger partial charge is 0.317 e. The van der Waals surface area contributed by atoms with Crippen molar-refractivity contribution in [3.63, 3.8) is 0 Å². The van der Waals surface area contributed by atoms with Crippen LogP contribution < -0.4 is 5.32 Å². The number of rotatable bonds is 7. The molecule has 3 nitrogen and oxygen atoms in total. The maximum atomic E-state index is 3.50. The Hall–Kier alpha value is -0.900. The average molecular weight is 275 g/mol. The molecule has 0 radical (unpaired) electrons. The topological polar surface area (TPSA) is 18.5 Å². The Kier molecular flexibility index (Phi) is 6.51. The molecule has 0 bridgehead atoms. The molecule has 1 saturated heterocycles. The Bertz CT molecular complexity index is 366. The fourth-order valence-corrected chi connectivity index (χ4v) is 2.92. The third-order valence-corrected chi connectivity index (χ3v) is 4.10. The zero-order chi connectivity index (χ0) is 14.2. The van der Waals surface area contributed by atoms with Gasteiger partial charge in [-0.15, -0.1) is 0 Å². The van der Waals surface area contributed by atoms with Crippen LogP contribution in [0.3, 0.4) is 0 Å². The van der Waals surface area contributed by atoms with Crippen molar-refractivity contribution in [2.45, 2.75) is 25.8 Å². The molecule has 1 aliphatic heterocycles. The molecule has 1 aromatic rings. The van der Waals surface area contributed by atoms with Gasteiger partial charge in [-0.05, 0) is 38.5 Å². The van der Waals surface area contributed by atoms with Gasteiger partial charge in [0.05, 0.1) is 0 Å². The Labute approximate surface area is 124 Å². The highest BCUT2D eigenvalue weighted by Gasteiger charge is 2.25. The van der Waals surface area contributed by atoms with Gasteiger partial charge < -0.3 is 10.2 Å². The molecule has 1 fully saturated rings. The first-order chi connectivity index (χ1) is 9.81. The van der Waals surface area contributed by atoms with E-state index < -0.39 is 0 Å². The normalized spacial score (nSPS) is 21.2. The second-order valence-electron chi connectivity index (χ2n) is 5.83. The van der Waals surface area contributed by atoms with Gasteiger partial charge in [-0.2, -0.15) is 0 Å². The van der Waals surface area contributed by atoms with E-state index in [2.05, 4.69) is 59.4 Å². The van der Waals surface area contributed by atoms with Gasteiger partial charge in [0.2, 0.25) is 0 Å². The second-order valence-corrected chi connectivity index (χ2v) is 5.83. The predicted molar refractivity (Wildman–Crippen MR) is 86.0 cm³/mol. The van der Waals surface area contributed by atoms with Crippen LogP contribution in [0.5, 0.6) is 0 Å². The van der Waals surface area contributed by atoms with E-state index in [-0.39, 0.29) is 0 Å². The van der Waals surface area contributed by atoms with Crippen molar-refractivity contribution in [3.05, 3.63) is 35.9 Å². The van der Waals surface area contributed by atoms with E-state index in [0.29, 0.717) is 6.04 Å². The Balaban J connectivity index is 1.88. The third-order valence-electron chi connectivity index (χ3n) is 4.10. The number of benzene rings is 1. The summed E-state index contributed by atoms with van der Waals surface area (Å²) in [5.74, 6) is 0. The summed E-state index contributed by atoms with van der Waals surface area (Å²) in [5.41, 5.74) is 1.46. The van der Waals surface area contributed by atoms with Crippen molar-refractivity contribution in [1.82, 2.24) is 15.1 Å². The SMILES string of the molecule is CCCNCCCN1CCN(C)CC1c1ccccc1. The van der Waals surface area contributed by atoms with Gasteiger partial charge in [0.15, 0.2) is 0 Å². The van der Waals surface area contributed by atoms with E-state index in [1.54, 1.807) is 0 Å². The van der Waals surface area contributed by atoms with E-state index in [1.807, 2.05) is 0 Å². The fraction of sp³-hybridized carbons (Fsp3) is 0.647. The van der Waals surface area contributed by atoms with Crippen LogP contribution in [0.25, 0.3) is 0 Å². The minimum Gasteiger partial charge on any atom is -0.317 e. The minimum atomic E-state index is 0.557. The summed E-state index contributed by atoms with van der Waals surface area (Å²) in [4.78, 5) is 5.10. The molecule has 20 heavy (non-hydrogen) atoms. The van der Waals surface area contributed by atoms with Crippen LogP contribution in [-0.4, -0.2) is 56.1 Å². The molecule has 1 N–H and O–H groups in total. The smallest absolute Gasteiger partial charge is 0.0475 e. The summed E-state index contributed by atoms with van der Waals surface area (Å²) >= 11 is 0. The Morgan fingerprint density at radius 3 is 2.70 bits per heavy atom. The van der Waals surface area contributed by atoms with Crippen LogP contribution in [-0.2, 0) is 0 Å². The zero-order valence-corrected chi connectivity index (χ0v) is 13.0. The predicted octanol–water partition coefficient (Wildman–Crippen LogP) is 2.36. The third kappa shape index (κ3) is 4.58. The molecule has 0 aliphatic carbocycles. The van der Waals surface area contributed by atoms with E-state index in [4.69, 9.17) is 0 Å². The molecule has 1 atom stereocenters. The summed E-state index contributed by atoms with van der Waals surface area (Å²) in [6.45, 7) is 9.22. The van der Waals surface area contributed by atoms with Crippen LogP contribution in [0.2, 0.25) is 0 Å². The molecular weight excluding hydrogens is 246 g/mol. The summed E-state index contributed by atoms with van der Waals surface area (Å²) < 4.78 is 0. The molecule has 0 aromatic heterocycles. The lowest BCUT2D eigenvalue weighted by atomic mass is 10.0. The van der Waals surface area contributed by atoms with Crippen LogP contribution >= 0.6 is 0 Å². The maximum absolute atomic E-state index is 3.50. The van der Waals surface area contributed by atoms with Crippen molar-refractivity contribution in [2.75, 3.05) is 46.3 Å². The number of nitrogens with one attached hydrogen (secondary N) is 1. The van der Waals surface area contributed by atoms with Gasteiger partial charge in [0.1, 0.15) is 0 Å². The van der Waals surface area contributed by atoms with Gasteiger partial charge >= 0.3 is 0 Å². The molecule has 1 aliphatic rings. The molecular formula is C17H29N3. The van der Waals surface area contributed by atoms with Crippen molar-refractivity contribution in [1.29, 1.82) is 0 Å². The maximum Gasteiger partial charge on any atom is 0.0475 e. The molecule has 2 rings (SSSR count). The molecule has 1 unspecified atom stereocenters. The summed E-state index contributed by atoms with van der Waals surface area (Å²) in [6.07, 6.45) is 2.47. The van der Waals surface area contributed by atoms with Crippen molar-refractivity contribution in [3.8, 4) is 0 Å². The summed E-state index contributed by atoms with van der Waals surface area (Å²) in [6, 6.07) is 11.5. The molecule has 0 spiro atoms. The summed E-state index contributed by atoms with van der Waals surface area (Å²) in [5, 5.41) is 3.50. The first-order valence-electron chi connectivity index (χ1n) is 7.99. The van der Waals surface area contributed by atoms with Gasteiger partial charge in [-0.25, -0.2) is 0 Å². The van der Waals surface area contributed by atoms with Crippen LogP contribution in [0.1, 0.15) is 31.4 Å². The lowest BCUT2D eigenvalue weighted by Crippen LogP contribution is -2.47. The molecule has 0 amide bonds. The van der Waals surface area contributed by atoms with Gasteiger partial charge in [-0.3, -0.25) is 4.90 Å². The molecule has 3 heteroatoms. The van der Waals surface area contributed by atoms with Crippen molar-refractivity contribution in [2.24, 2.45) is 0 Å². The van der Waals surface area contributed by atoms with Gasteiger partial charge in [-0.1, -0.05) is 37.3 Å². The molecule has 1 aromatic carbocycles. The Morgan fingerprint density at radius 1 is 1.15 bits per heavy atom. The minimum absolute atomic E-state index is 0.557. The first-order valence-corrected chi connectivity index (χ1v) is 7.99. The van der Waals surface area contributed by atoms with Crippen molar-refractivity contribution < 1.29 is 0 Å². The highest BCUT2D eigenvalue weighted by Crippen LogP contribution is 2.24. The monoisotopic (exact) mass is 275 g/mol. The van der Waals surface area contributed by atoms with Crippen molar-refractivity contribution >= 4 is 0 Å². The lowest BCUT2D eigenvalue weighted by Gasteiger charge is -2.40. The van der Waals surface area contributed by atoms with Crippen LogP contribution in [0.15, 0.2) is 30.3 Å². The highest BCUT2D eigenvalue weighted by atomic mass is 15.3. The lowest BCUT2D eigenvalue weighted by molar-refractivity contribution is 0.0888. The van der Waals surface area contributed by atoms with Crippen LogP contribution in [0, 0.1) is 0 Å². The average Bonchev–Trinajstić information content (AvgIpc) is 2.49. The number of piperazine rings is 1. The molecule has 1 heterocycles.